The third-order valence-corrected chi connectivity index (χ3v) is 8.68. The fourth-order valence-corrected chi connectivity index (χ4v) is 6.35. The maximum atomic E-state index is 14.5. The molecule has 46 heavy (non-hydrogen) atoms. The normalized spacial score (nSPS) is 14.0. The lowest BCUT2D eigenvalue weighted by molar-refractivity contribution is -0.137. The Morgan fingerprint density at radius 3 is 2.41 bits per heavy atom. The molecule has 0 atom stereocenters. The monoisotopic (exact) mass is 647 g/mol. The molecule has 0 radical (unpaired) electrons. The van der Waals surface area contributed by atoms with Crippen molar-refractivity contribution in [3.8, 4) is 22.6 Å². The van der Waals surface area contributed by atoms with E-state index in [4.69, 9.17) is 16.3 Å². The standard InChI is InChI=1S/C33H29ClF3N7O2/c1-46-29-9-5-22(19-26(29)34)21-4-7-27-24(18-21)31-30(32(45)43(27)17-16-41-12-2-3-13-41)39-40-44(31)23-6-8-28(25(20-23)33(35,36)37)42-14-10-38-11-15-42/h2-9,12-13,18-20,38H,10-11,14-17H2,1H3. The molecule has 0 saturated carbocycles. The molecular weight excluding hydrogens is 619 g/mol. The molecule has 3 aromatic heterocycles. The average molecular weight is 648 g/mol. The first-order chi connectivity index (χ1) is 22.2. The number of nitrogens with one attached hydrogen (secondary N) is 1. The van der Waals surface area contributed by atoms with E-state index in [9.17, 15) is 18.0 Å². The SMILES string of the molecule is COc1ccc(-c2ccc3c(c2)c2c(nnn2-c2ccc(N4CCNCC4)c(C(F)(F)F)c2)c(=O)n3CCn2cccc2)cc1Cl. The summed E-state index contributed by atoms with van der Waals surface area (Å²) in [5, 5.41) is 12.7. The van der Waals surface area contributed by atoms with Gasteiger partial charge in [0.15, 0.2) is 5.52 Å². The van der Waals surface area contributed by atoms with Crippen LogP contribution in [0.25, 0.3) is 38.8 Å². The van der Waals surface area contributed by atoms with Gasteiger partial charge in [0, 0.05) is 62.7 Å². The molecule has 7 rings (SSSR count). The van der Waals surface area contributed by atoms with Crippen LogP contribution < -0.4 is 20.5 Å². The van der Waals surface area contributed by atoms with Gasteiger partial charge in [0.1, 0.15) is 11.3 Å². The molecule has 1 aliphatic heterocycles. The number of hydrogen-bond acceptors (Lipinski definition) is 6. The highest BCUT2D eigenvalue weighted by Gasteiger charge is 2.36. The molecule has 1 saturated heterocycles. The Labute approximate surface area is 266 Å². The van der Waals surface area contributed by atoms with Gasteiger partial charge in [-0.05, 0) is 65.7 Å². The molecule has 1 fully saturated rings. The Morgan fingerprint density at radius 2 is 1.70 bits per heavy atom. The second-order valence-corrected chi connectivity index (χ2v) is 11.5. The Bertz CT molecular complexity index is 2120. The fourth-order valence-electron chi connectivity index (χ4n) is 6.09. The Hall–Kier alpha value is -4.81. The zero-order chi connectivity index (χ0) is 32.0. The summed E-state index contributed by atoms with van der Waals surface area (Å²) < 4.78 is 53.7. The van der Waals surface area contributed by atoms with Gasteiger partial charge in [-0.3, -0.25) is 4.79 Å². The van der Waals surface area contributed by atoms with Crippen molar-refractivity contribution in [3.05, 3.63) is 100 Å². The van der Waals surface area contributed by atoms with Crippen LogP contribution in [0.15, 0.2) is 83.9 Å². The van der Waals surface area contributed by atoms with Crippen molar-refractivity contribution in [1.82, 2.24) is 29.4 Å². The van der Waals surface area contributed by atoms with E-state index in [1.54, 1.807) is 27.7 Å². The largest absolute Gasteiger partial charge is 0.495 e. The second kappa shape index (κ2) is 11.8. The van der Waals surface area contributed by atoms with Gasteiger partial charge in [-0.15, -0.1) is 5.10 Å². The number of methoxy groups -OCH3 is 1. The number of anilines is 1. The van der Waals surface area contributed by atoms with E-state index in [1.807, 2.05) is 53.4 Å². The lowest BCUT2D eigenvalue weighted by Crippen LogP contribution is -2.44. The molecule has 6 aromatic rings. The molecule has 13 heteroatoms. The van der Waals surface area contributed by atoms with Crippen molar-refractivity contribution in [2.45, 2.75) is 19.3 Å². The number of hydrogen-bond donors (Lipinski definition) is 1. The van der Waals surface area contributed by atoms with Crippen molar-refractivity contribution < 1.29 is 17.9 Å². The van der Waals surface area contributed by atoms with Gasteiger partial charge in [-0.25, -0.2) is 4.68 Å². The minimum absolute atomic E-state index is 0.0599. The molecule has 236 valence electrons. The molecule has 1 aliphatic rings. The third-order valence-electron chi connectivity index (χ3n) is 8.38. The Kier molecular flexibility index (Phi) is 7.69. The summed E-state index contributed by atoms with van der Waals surface area (Å²) in [6.07, 6.45) is -0.785. The van der Waals surface area contributed by atoms with E-state index in [-0.39, 0.29) is 22.5 Å². The van der Waals surface area contributed by atoms with Crippen LogP contribution in [0.5, 0.6) is 5.75 Å². The molecule has 0 amide bonds. The predicted molar refractivity (Wildman–Crippen MR) is 172 cm³/mol. The number of fused-ring (bicyclic) bond motifs is 3. The zero-order valence-corrected chi connectivity index (χ0v) is 25.5. The van der Waals surface area contributed by atoms with Crippen molar-refractivity contribution in [1.29, 1.82) is 0 Å². The van der Waals surface area contributed by atoms with E-state index in [0.717, 1.165) is 17.2 Å². The van der Waals surface area contributed by atoms with Crippen molar-refractivity contribution in [2.24, 2.45) is 0 Å². The Balaban J connectivity index is 1.44. The molecular formula is C33H29ClF3N7O2. The number of nitrogens with zero attached hydrogens (tertiary/aromatic N) is 6. The van der Waals surface area contributed by atoms with Crippen LogP contribution >= 0.6 is 11.6 Å². The molecule has 0 bridgehead atoms. The van der Waals surface area contributed by atoms with Gasteiger partial charge in [0.25, 0.3) is 5.56 Å². The van der Waals surface area contributed by atoms with Crippen LogP contribution in [0.1, 0.15) is 5.56 Å². The van der Waals surface area contributed by atoms with E-state index >= 15 is 0 Å². The van der Waals surface area contributed by atoms with Gasteiger partial charge in [-0.2, -0.15) is 13.2 Å². The molecule has 9 nitrogen and oxygen atoms in total. The highest BCUT2D eigenvalue weighted by Crippen LogP contribution is 2.39. The number of alkyl halides is 3. The van der Waals surface area contributed by atoms with Crippen molar-refractivity contribution >= 4 is 39.2 Å². The number of aryl methyl sites for hydroxylation is 2. The van der Waals surface area contributed by atoms with Gasteiger partial charge in [-0.1, -0.05) is 28.9 Å². The van der Waals surface area contributed by atoms with E-state index in [0.29, 0.717) is 66.5 Å². The summed E-state index contributed by atoms with van der Waals surface area (Å²) in [5.41, 5.74) is 1.67. The smallest absolute Gasteiger partial charge is 0.418 e. The zero-order valence-electron chi connectivity index (χ0n) is 24.8. The quantitative estimate of drug-likeness (QED) is 0.229. The van der Waals surface area contributed by atoms with E-state index < -0.39 is 11.7 Å². The highest BCUT2D eigenvalue weighted by atomic mass is 35.5. The molecule has 1 N–H and O–H groups in total. The van der Waals surface area contributed by atoms with E-state index in [1.165, 1.54) is 17.9 Å². The molecule has 0 aliphatic carbocycles. The minimum atomic E-state index is -4.61. The van der Waals surface area contributed by atoms with Crippen molar-refractivity contribution in [2.75, 3.05) is 38.2 Å². The minimum Gasteiger partial charge on any atom is -0.495 e. The summed E-state index contributed by atoms with van der Waals surface area (Å²) in [5.74, 6) is 0.527. The topological polar surface area (TPSA) is 82.1 Å². The first kappa shape index (κ1) is 29.9. The summed E-state index contributed by atoms with van der Waals surface area (Å²) >= 11 is 6.44. The molecule has 0 spiro atoms. The van der Waals surface area contributed by atoms with Gasteiger partial charge >= 0.3 is 6.18 Å². The Morgan fingerprint density at radius 1 is 0.957 bits per heavy atom. The molecule has 3 aromatic carbocycles. The lowest BCUT2D eigenvalue weighted by Gasteiger charge is -2.31. The van der Waals surface area contributed by atoms with Crippen LogP contribution in [-0.2, 0) is 19.3 Å². The van der Waals surface area contributed by atoms with Gasteiger partial charge in [0.05, 0.1) is 28.9 Å². The summed E-state index contributed by atoms with van der Waals surface area (Å²) in [7, 11) is 1.54. The summed E-state index contributed by atoms with van der Waals surface area (Å²) in [4.78, 5) is 15.6. The lowest BCUT2D eigenvalue weighted by atomic mass is 10.0. The summed E-state index contributed by atoms with van der Waals surface area (Å²) in [6.45, 7) is 2.98. The summed E-state index contributed by atoms with van der Waals surface area (Å²) in [6, 6.07) is 19.0. The number of piperazine rings is 1. The number of ether oxygens (including phenoxy) is 1. The maximum absolute atomic E-state index is 14.5. The van der Waals surface area contributed by atoms with Crippen LogP contribution in [0.2, 0.25) is 5.02 Å². The molecule has 0 unspecified atom stereocenters. The third kappa shape index (κ3) is 5.37. The first-order valence-corrected chi connectivity index (χ1v) is 15.1. The highest BCUT2D eigenvalue weighted by molar-refractivity contribution is 6.32. The number of pyridine rings is 1. The van der Waals surface area contributed by atoms with E-state index in [2.05, 4.69) is 15.6 Å². The van der Waals surface area contributed by atoms with Crippen LogP contribution in [0.3, 0.4) is 0 Å². The van der Waals surface area contributed by atoms with Gasteiger partial charge < -0.3 is 24.1 Å². The number of rotatable bonds is 7. The average Bonchev–Trinajstić information content (AvgIpc) is 3.75. The molecule has 4 heterocycles. The predicted octanol–water partition coefficient (Wildman–Crippen LogP) is 5.99. The van der Waals surface area contributed by atoms with Crippen LogP contribution in [-0.4, -0.2) is 57.4 Å². The number of aromatic nitrogens is 5. The maximum Gasteiger partial charge on any atom is 0.418 e. The second-order valence-electron chi connectivity index (χ2n) is 11.1. The first-order valence-electron chi connectivity index (χ1n) is 14.8. The van der Waals surface area contributed by atoms with Gasteiger partial charge in [0.2, 0.25) is 0 Å². The van der Waals surface area contributed by atoms with Crippen molar-refractivity contribution in [3.63, 3.8) is 0 Å². The van der Waals surface area contributed by atoms with Crippen LogP contribution in [0, 0.1) is 0 Å². The van der Waals surface area contributed by atoms with Crippen LogP contribution in [0.4, 0.5) is 18.9 Å². The number of benzene rings is 3. The number of halogens is 4. The fraction of sp³-hybridized carbons (Fsp3) is 0.242.